The van der Waals surface area contributed by atoms with Gasteiger partial charge < -0.3 is 18.8 Å². The number of nitrogens with zero attached hydrogens (tertiary/aromatic N) is 1. The van der Waals surface area contributed by atoms with Crippen LogP contribution in [0.5, 0.6) is 23.0 Å². The molecule has 1 aromatic heterocycles. The highest BCUT2D eigenvalue weighted by Crippen LogP contribution is 2.66. The first-order chi connectivity index (χ1) is 32.7. The lowest BCUT2D eigenvalue weighted by atomic mass is 9.66. The topological polar surface area (TPSA) is 34.8 Å². The molecule has 2 aliphatic heterocycles. The molecule has 2 spiro atoms. The maximum Gasteiger partial charge on any atom is 0.137 e. The fourth-order valence-corrected chi connectivity index (χ4v) is 12.3. The predicted molar refractivity (Wildman–Crippen MR) is 263 cm³/mol. The fourth-order valence-electron chi connectivity index (χ4n) is 12.3. The number of furan rings is 1. The molecule has 4 aliphatic rings. The van der Waals surface area contributed by atoms with Crippen molar-refractivity contribution in [2.75, 3.05) is 4.90 Å². The minimum atomic E-state index is -0.632. The fraction of sp³-hybridized carbons (Fsp3) is 0.0323. The summed E-state index contributed by atoms with van der Waals surface area (Å²) in [4.78, 5) is 2.46. The highest BCUT2D eigenvalue weighted by Gasteiger charge is 2.53. The zero-order valence-corrected chi connectivity index (χ0v) is 35.5. The predicted octanol–water partition coefficient (Wildman–Crippen LogP) is 16.0. The Morgan fingerprint density at radius 1 is 0.303 bits per heavy atom. The molecule has 4 nitrogen and oxygen atoms in total. The Morgan fingerprint density at radius 3 is 1.41 bits per heavy atom. The summed E-state index contributed by atoms with van der Waals surface area (Å²) < 4.78 is 20.1. The average Bonchev–Trinajstić information content (AvgIpc) is 3.99. The second kappa shape index (κ2) is 13.0. The Labute approximate surface area is 381 Å². The minimum absolute atomic E-state index is 0.624. The van der Waals surface area contributed by atoms with Crippen LogP contribution < -0.4 is 14.4 Å². The Morgan fingerprint density at radius 2 is 0.758 bits per heavy atom. The maximum absolute atomic E-state index is 6.74. The Bertz CT molecular complexity index is 3790. The van der Waals surface area contributed by atoms with Crippen molar-refractivity contribution >= 4 is 39.0 Å². The van der Waals surface area contributed by atoms with E-state index in [1.807, 2.05) is 6.07 Å². The standard InChI is InChI=1S/C62H37NO3/c1-4-19-45-40(16-1)41-34-32-38(36-52(41)62(45)49-23-8-13-30-57(49)66-58-31-14-9-24-50(58)62)63(39-33-35-43-42-17-3-10-27-54(42)64-59(43)37-39)53-26-15-25-51-60(53)44-18-2-5-20-46(44)61(51)47-21-6-11-28-55(47)65-56-29-12-7-22-48(56)61/h1-37H. The van der Waals surface area contributed by atoms with Crippen molar-refractivity contribution in [2.24, 2.45) is 0 Å². The summed E-state index contributed by atoms with van der Waals surface area (Å²) in [5.74, 6) is 3.49. The number of benzene rings is 10. The van der Waals surface area contributed by atoms with Crippen LogP contribution in [-0.2, 0) is 10.8 Å². The van der Waals surface area contributed by atoms with Crippen LogP contribution >= 0.6 is 0 Å². The smallest absolute Gasteiger partial charge is 0.137 e. The van der Waals surface area contributed by atoms with Gasteiger partial charge in [-0.3, -0.25) is 0 Å². The van der Waals surface area contributed by atoms with Gasteiger partial charge in [-0.05, 0) is 99.6 Å². The second-order valence-electron chi connectivity index (χ2n) is 17.8. The molecule has 4 heteroatoms. The van der Waals surface area contributed by atoms with Crippen molar-refractivity contribution < 1.29 is 13.9 Å². The quantitative estimate of drug-likeness (QED) is 0.177. The van der Waals surface area contributed by atoms with Gasteiger partial charge in [-0.1, -0.05) is 158 Å². The summed E-state index contributed by atoms with van der Waals surface area (Å²) >= 11 is 0. The van der Waals surface area contributed by atoms with E-state index >= 15 is 0 Å². The first-order valence-electron chi connectivity index (χ1n) is 22.7. The van der Waals surface area contributed by atoms with Crippen LogP contribution in [0.4, 0.5) is 17.1 Å². The first kappa shape index (κ1) is 35.8. The van der Waals surface area contributed by atoms with E-state index in [0.717, 1.165) is 84.3 Å². The molecule has 3 heterocycles. The van der Waals surface area contributed by atoms with E-state index in [2.05, 4.69) is 223 Å². The number of hydrogen-bond acceptors (Lipinski definition) is 4. The molecule has 0 radical (unpaired) electrons. The lowest BCUT2D eigenvalue weighted by molar-refractivity contribution is 0.436. The van der Waals surface area contributed by atoms with Crippen molar-refractivity contribution in [1.29, 1.82) is 0 Å². The third kappa shape index (κ3) is 4.43. The van der Waals surface area contributed by atoms with Crippen molar-refractivity contribution in [2.45, 2.75) is 10.8 Å². The van der Waals surface area contributed by atoms with Crippen LogP contribution in [0.2, 0.25) is 0 Å². The van der Waals surface area contributed by atoms with E-state index in [1.54, 1.807) is 0 Å². The summed E-state index contributed by atoms with van der Waals surface area (Å²) in [6.07, 6.45) is 0. The molecule has 10 aromatic carbocycles. The molecule has 2 aliphatic carbocycles. The molecule has 0 amide bonds. The average molecular weight is 844 g/mol. The van der Waals surface area contributed by atoms with Gasteiger partial charge in [-0.2, -0.15) is 0 Å². The molecule has 308 valence electrons. The molecule has 0 unspecified atom stereocenters. The minimum Gasteiger partial charge on any atom is -0.457 e. The van der Waals surface area contributed by atoms with E-state index in [4.69, 9.17) is 13.9 Å². The highest BCUT2D eigenvalue weighted by atomic mass is 16.5. The number of anilines is 3. The van der Waals surface area contributed by atoms with Gasteiger partial charge in [0.25, 0.3) is 0 Å². The summed E-state index contributed by atoms with van der Waals surface area (Å²) in [6.45, 7) is 0. The van der Waals surface area contributed by atoms with Crippen LogP contribution in [0, 0.1) is 0 Å². The first-order valence-corrected chi connectivity index (χ1v) is 22.7. The van der Waals surface area contributed by atoms with E-state index < -0.39 is 10.8 Å². The molecule has 0 saturated carbocycles. The summed E-state index contributed by atoms with van der Waals surface area (Å²) in [5.41, 5.74) is 17.9. The van der Waals surface area contributed by atoms with Gasteiger partial charge in [-0.15, -0.1) is 0 Å². The Kier molecular flexibility index (Phi) is 7.05. The van der Waals surface area contributed by atoms with Gasteiger partial charge in [0.05, 0.1) is 16.5 Å². The van der Waals surface area contributed by atoms with Crippen molar-refractivity contribution in [3.8, 4) is 45.3 Å². The number of rotatable bonds is 3. The van der Waals surface area contributed by atoms with Crippen LogP contribution in [0.15, 0.2) is 229 Å². The monoisotopic (exact) mass is 843 g/mol. The van der Waals surface area contributed by atoms with Crippen LogP contribution in [0.25, 0.3) is 44.2 Å². The Balaban J connectivity index is 1.05. The zero-order valence-electron chi connectivity index (χ0n) is 35.5. The summed E-state index contributed by atoms with van der Waals surface area (Å²) in [6, 6.07) is 81.2. The molecule has 15 rings (SSSR count). The van der Waals surface area contributed by atoms with Gasteiger partial charge in [0.15, 0.2) is 0 Å². The van der Waals surface area contributed by atoms with Crippen LogP contribution in [-0.4, -0.2) is 0 Å². The third-order valence-corrected chi connectivity index (χ3v) is 14.8. The third-order valence-electron chi connectivity index (χ3n) is 14.8. The molecule has 0 N–H and O–H groups in total. The van der Waals surface area contributed by atoms with Crippen LogP contribution in [0.1, 0.15) is 44.5 Å². The molecule has 0 atom stereocenters. The van der Waals surface area contributed by atoms with Gasteiger partial charge in [-0.25, -0.2) is 0 Å². The van der Waals surface area contributed by atoms with Gasteiger partial charge >= 0.3 is 0 Å². The van der Waals surface area contributed by atoms with Crippen molar-refractivity contribution in [3.63, 3.8) is 0 Å². The van der Waals surface area contributed by atoms with Crippen molar-refractivity contribution in [3.05, 3.63) is 269 Å². The SMILES string of the molecule is c1ccc2c(c1)Oc1ccccc1C21c2ccccc2-c2ccc(N(c3ccc4c(c3)oc3ccccc34)c3cccc4c3-c3ccccc3C43c4ccccc4Oc4ccccc43)cc21. The van der Waals surface area contributed by atoms with Gasteiger partial charge in [0, 0.05) is 56.0 Å². The largest absolute Gasteiger partial charge is 0.457 e. The zero-order chi connectivity index (χ0) is 43.1. The van der Waals surface area contributed by atoms with Gasteiger partial charge in [0.1, 0.15) is 34.2 Å². The molecular formula is C62H37NO3. The van der Waals surface area contributed by atoms with Crippen LogP contribution in [0.3, 0.4) is 0 Å². The molecule has 11 aromatic rings. The number of ether oxygens (including phenoxy) is 2. The van der Waals surface area contributed by atoms with E-state index in [9.17, 15) is 0 Å². The number of para-hydroxylation sites is 5. The van der Waals surface area contributed by atoms with Gasteiger partial charge in [0.2, 0.25) is 0 Å². The second-order valence-corrected chi connectivity index (χ2v) is 17.8. The molecule has 66 heavy (non-hydrogen) atoms. The number of hydrogen-bond donors (Lipinski definition) is 0. The molecule has 0 saturated heterocycles. The summed E-state index contributed by atoms with van der Waals surface area (Å²) in [7, 11) is 0. The maximum atomic E-state index is 6.74. The highest BCUT2D eigenvalue weighted by molar-refractivity contribution is 6.07. The normalized spacial score (nSPS) is 14.5. The molecule has 0 bridgehead atoms. The van der Waals surface area contributed by atoms with Crippen molar-refractivity contribution in [1.82, 2.24) is 0 Å². The van der Waals surface area contributed by atoms with E-state index in [-0.39, 0.29) is 0 Å². The molecular weight excluding hydrogens is 807 g/mol. The molecule has 0 fully saturated rings. The lowest BCUT2D eigenvalue weighted by Crippen LogP contribution is -2.32. The van der Waals surface area contributed by atoms with E-state index in [0.29, 0.717) is 0 Å². The summed E-state index contributed by atoms with van der Waals surface area (Å²) in [5, 5.41) is 2.19. The lowest BCUT2D eigenvalue weighted by Gasteiger charge is -2.40. The van der Waals surface area contributed by atoms with E-state index in [1.165, 1.54) is 44.5 Å². The Hall–Kier alpha value is -8.60. The number of fused-ring (bicyclic) bond motifs is 21.